The van der Waals surface area contributed by atoms with Gasteiger partial charge >= 0.3 is 6.03 Å². The number of aromatic nitrogens is 4. The number of hydrogen-bond donors (Lipinski definition) is 2. The van der Waals surface area contributed by atoms with E-state index in [2.05, 4.69) is 25.7 Å². The molecule has 7 nitrogen and oxygen atoms in total. The number of rotatable bonds is 5. The summed E-state index contributed by atoms with van der Waals surface area (Å²) in [5, 5.41) is 12.7. The fourth-order valence-corrected chi connectivity index (χ4v) is 3.03. The number of pyridine rings is 1. The summed E-state index contributed by atoms with van der Waals surface area (Å²) in [4.78, 5) is 20.9. The van der Waals surface area contributed by atoms with Crippen LogP contribution in [0.15, 0.2) is 48.4 Å². The van der Waals surface area contributed by atoms with E-state index in [9.17, 15) is 4.79 Å². The van der Waals surface area contributed by atoms with Crippen LogP contribution < -0.4 is 10.6 Å². The van der Waals surface area contributed by atoms with Crippen LogP contribution in [0.1, 0.15) is 25.3 Å². The monoisotopic (exact) mass is 342 g/mol. The van der Waals surface area contributed by atoms with Crippen molar-refractivity contribution in [2.75, 3.05) is 5.32 Å². The maximum absolute atomic E-state index is 12.3. The molecule has 0 spiro atoms. The summed E-state index contributed by atoms with van der Waals surface area (Å²) >= 11 is 1.53. The van der Waals surface area contributed by atoms with Crippen LogP contribution in [-0.2, 0) is 5.54 Å². The molecule has 1 atom stereocenters. The van der Waals surface area contributed by atoms with E-state index in [1.807, 2.05) is 31.5 Å². The molecule has 2 amide bonds. The Morgan fingerprint density at radius 1 is 1.33 bits per heavy atom. The zero-order chi connectivity index (χ0) is 17.0. The van der Waals surface area contributed by atoms with Crippen LogP contribution in [0.2, 0.25) is 0 Å². The Kier molecular flexibility index (Phi) is 4.57. The summed E-state index contributed by atoms with van der Waals surface area (Å²) in [6, 6.07) is 5.12. The fourth-order valence-electron chi connectivity index (χ4n) is 2.20. The highest BCUT2D eigenvalue weighted by molar-refractivity contribution is 7.09. The molecule has 3 rings (SSSR count). The molecular formula is C16H18N6OS. The van der Waals surface area contributed by atoms with E-state index in [4.69, 9.17) is 0 Å². The highest BCUT2D eigenvalue weighted by Crippen LogP contribution is 2.26. The first kappa shape index (κ1) is 16.1. The maximum atomic E-state index is 12.3. The van der Waals surface area contributed by atoms with Gasteiger partial charge in [-0.1, -0.05) is 6.92 Å². The van der Waals surface area contributed by atoms with Crippen molar-refractivity contribution in [1.82, 2.24) is 25.1 Å². The molecule has 0 bridgehead atoms. The number of anilines is 1. The van der Waals surface area contributed by atoms with Crippen molar-refractivity contribution in [3.8, 4) is 5.82 Å². The lowest BCUT2D eigenvalue weighted by Crippen LogP contribution is -2.45. The molecular weight excluding hydrogens is 324 g/mol. The molecule has 24 heavy (non-hydrogen) atoms. The molecule has 0 saturated carbocycles. The third kappa shape index (κ3) is 3.43. The normalized spacial score (nSPS) is 13.2. The summed E-state index contributed by atoms with van der Waals surface area (Å²) < 4.78 is 1.65. The molecule has 2 N–H and O–H groups in total. The maximum Gasteiger partial charge on any atom is 0.320 e. The van der Waals surface area contributed by atoms with Crippen molar-refractivity contribution in [1.29, 1.82) is 0 Å². The summed E-state index contributed by atoms with van der Waals surface area (Å²) in [5.41, 5.74) is 0.113. The largest absolute Gasteiger partial charge is 0.326 e. The Hall–Kier alpha value is -2.74. The molecule has 124 valence electrons. The summed E-state index contributed by atoms with van der Waals surface area (Å²) in [5.74, 6) is 0.687. The van der Waals surface area contributed by atoms with Crippen LogP contribution in [0.5, 0.6) is 0 Å². The second-order valence-corrected chi connectivity index (χ2v) is 6.35. The lowest BCUT2D eigenvalue weighted by molar-refractivity contribution is 0.238. The summed E-state index contributed by atoms with van der Waals surface area (Å²) in [6.07, 6.45) is 7.58. The summed E-state index contributed by atoms with van der Waals surface area (Å²) in [7, 11) is 0. The van der Waals surface area contributed by atoms with Gasteiger partial charge in [0.05, 0.1) is 17.4 Å². The first-order valence-corrected chi connectivity index (χ1v) is 8.44. The van der Waals surface area contributed by atoms with Gasteiger partial charge in [-0.15, -0.1) is 11.3 Å². The Morgan fingerprint density at radius 3 is 2.79 bits per heavy atom. The van der Waals surface area contributed by atoms with E-state index in [1.165, 1.54) is 11.3 Å². The zero-order valence-electron chi connectivity index (χ0n) is 13.4. The Bertz CT molecular complexity index is 785. The molecule has 0 saturated heterocycles. The van der Waals surface area contributed by atoms with Crippen LogP contribution in [0, 0.1) is 0 Å². The molecule has 8 heteroatoms. The van der Waals surface area contributed by atoms with Crippen LogP contribution >= 0.6 is 11.3 Å². The molecule has 0 aromatic carbocycles. The second kappa shape index (κ2) is 6.79. The first-order valence-electron chi connectivity index (χ1n) is 7.56. The Labute approximate surface area is 143 Å². The standard InChI is InChI=1S/C16H18N6OS/c1-3-16(2,14-17-8-10-24-14)21-15(23)20-12-5-6-13(18-11-12)22-9-4-7-19-22/h4-11H,3H2,1-2H3,(H2,20,21,23)/t16-/m1/s1. The molecule has 0 aliphatic rings. The first-order chi connectivity index (χ1) is 11.6. The van der Waals surface area contributed by atoms with Gasteiger partial charge in [0.15, 0.2) is 5.82 Å². The van der Waals surface area contributed by atoms with Crippen molar-refractivity contribution in [2.24, 2.45) is 0 Å². The van der Waals surface area contributed by atoms with E-state index < -0.39 is 5.54 Å². The average molecular weight is 342 g/mol. The quantitative estimate of drug-likeness (QED) is 0.746. The van der Waals surface area contributed by atoms with Gasteiger partial charge in [0.25, 0.3) is 0 Å². The number of thiazole rings is 1. The highest BCUT2D eigenvalue weighted by Gasteiger charge is 2.29. The minimum atomic E-state index is -0.499. The van der Waals surface area contributed by atoms with Gasteiger partial charge in [-0.2, -0.15) is 5.10 Å². The minimum absolute atomic E-state index is 0.289. The Morgan fingerprint density at radius 2 is 2.21 bits per heavy atom. The van der Waals surface area contributed by atoms with E-state index in [0.29, 0.717) is 11.5 Å². The van der Waals surface area contributed by atoms with Crippen molar-refractivity contribution in [3.05, 3.63) is 53.4 Å². The topological polar surface area (TPSA) is 84.7 Å². The van der Waals surface area contributed by atoms with Gasteiger partial charge < -0.3 is 10.6 Å². The van der Waals surface area contributed by atoms with E-state index in [1.54, 1.807) is 35.4 Å². The van der Waals surface area contributed by atoms with Crippen LogP contribution in [0.3, 0.4) is 0 Å². The smallest absolute Gasteiger partial charge is 0.320 e. The predicted octanol–water partition coefficient (Wildman–Crippen LogP) is 3.17. The van der Waals surface area contributed by atoms with Crippen molar-refractivity contribution in [2.45, 2.75) is 25.8 Å². The number of nitrogens with one attached hydrogen (secondary N) is 2. The Balaban J connectivity index is 1.66. The van der Waals surface area contributed by atoms with Gasteiger partial charge in [0.2, 0.25) is 0 Å². The third-order valence-electron chi connectivity index (χ3n) is 3.75. The molecule has 3 heterocycles. The van der Waals surface area contributed by atoms with Gasteiger partial charge in [0.1, 0.15) is 5.01 Å². The number of carbonyl (C=O) groups excluding carboxylic acids is 1. The zero-order valence-corrected chi connectivity index (χ0v) is 14.2. The lowest BCUT2D eigenvalue weighted by atomic mass is 10.0. The highest BCUT2D eigenvalue weighted by atomic mass is 32.1. The molecule has 0 fully saturated rings. The fraction of sp³-hybridized carbons (Fsp3) is 0.250. The molecule has 0 aliphatic heterocycles. The second-order valence-electron chi connectivity index (χ2n) is 5.46. The molecule has 3 aromatic rings. The number of nitrogens with zero attached hydrogens (tertiary/aromatic N) is 4. The van der Waals surface area contributed by atoms with Crippen molar-refractivity contribution >= 4 is 23.1 Å². The van der Waals surface area contributed by atoms with Crippen LogP contribution in [0.25, 0.3) is 5.82 Å². The third-order valence-corrected chi connectivity index (χ3v) is 4.78. The van der Waals surface area contributed by atoms with Gasteiger partial charge in [-0.3, -0.25) is 0 Å². The number of hydrogen-bond acceptors (Lipinski definition) is 5. The van der Waals surface area contributed by atoms with E-state index in [-0.39, 0.29) is 6.03 Å². The average Bonchev–Trinajstić information content (AvgIpc) is 3.29. The molecule has 0 radical (unpaired) electrons. The SMILES string of the molecule is CC[C@@](C)(NC(=O)Nc1ccc(-n2cccn2)nc1)c1nccs1. The predicted molar refractivity (Wildman–Crippen MR) is 93.3 cm³/mol. The van der Waals surface area contributed by atoms with Gasteiger partial charge in [-0.05, 0) is 31.5 Å². The van der Waals surface area contributed by atoms with Crippen LogP contribution in [0.4, 0.5) is 10.5 Å². The van der Waals surface area contributed by atoms with Crippen LogP contribution in [-0.4, -0.2) is 25.8 Å². The molecule has 0 unspecified atom stereocenters. The van der Waals surface area contributed by atoms with Gasteiger partial charge in [-0.25, -0.2) is 19.4 Å². The van der Waals surface area contributed by atoms with E-state index >= 15 is 0 Å². The molecule has 0 aliphatic carbocycles. The van der Waals surface area contributed by atoms with E-state index in [0.717, 1.165) is 11.4 Å². The molecule has 3 aromatic heterocycles. The van der Waals surface area contributed by atoms with Crippen molar-refractivity contribution in [3.63, 3.8) is 0 Å². The van der Waals surface area contributed by atoms with Crippen molar-refractivity contribution < 1.29 is 4.79 Å². The lowest BCUT2D eigenvalue weighted by Gasteiger charge is -2.27. The number of carbonyl (C=O) groups is 1. The van der Waals surface area contributed by atoms with Gasteiger partial charge in [0, 0.05) is 24.0 Å². The minimum Gasteiger partial charge on any atom is -0.326 e. The summed E-state index contributed by atoms with van der Waals surface area (Å²) in [6.45, 7) is 3.98. The number of amides is 2. The number of urea groups is 1.